The van der Waals surface area contributed by atoms with Gasteiger partial charge in [0, 0.05) is 0 Å². The molecule has 2 amide bonds. The van der Waals surface area contributed by atoms with Gasteiger partial charge in [0.15, 0.2) is 0 Å². The molecule has 22 heavy (non-hydrogen) atoms. The van der Waals surface area contributed by atoms with Gasteiger partial charge in [-0.05, 0) is 33.3 Å². The van der Waals surface area contributed by atoms with Gasteiger partial charge in [-0.3, -0.25) is 4.79 Å². The molecule has 6 heteroatoms. The predicted octanol–water partition coefficient (Wildman–Crippen LogP) is 1.75. The van der Waals surface area contributed by atoms with Crippen LogP contribution in [0.15, 0.2) is 30.3 Å². The van der Waals surface area contributed by atoms with E-state index in [9.17, 15) is 14.7 Å². The number of aliphatic hydroxyl groups is 1. The summed E-state index contributed by atoms with van der Waals surface area (Å²) in [7, 11) is 0. The zero-order chi connectivity index (χ0) is 16.8. The number of benzene rings is 1. The van der Waals surface area contributed by atoms with Crippen LogP contribution in [0.4, 0.5) is 4.79 Å². The average molecular weight is 308 g/mol. The predicted molar refractivity (Wildman–Crippen MR) is 83.2 cm³/mol. The third-order valence-electron chi connectivity index (χ3n) is 2.83. The Bertz CT molecular complexity index is 497. The first-order chi connectivity index (χ1) is 10.2. The van der Waals surface area contributed by atoms with Crippen molar-refractivity contribution in [2.45, 2.75) is 45.4 Å². The molecule has 6 nitrogen and oxygen atoms in total. The minimum absolute atomic E-state index is 0.227. The molecule has 1 rings (SSSR count). The molecular weight excluding hydrogens is 284 g/mol. The van der Waals surface area contributed by atoms with Gasteiger partial charge in [-0.1, -0.05) is 30.3 Å². The normalized spacial score (nSPS) is 13.9. The lowest BCUT2D eigenvalue weighted by Crippen LogP contribution is -2.47. The number of aliphatic hydroxyl groups excluding tert-OH is 1. The van der Waals surface area contributed by atoms with E-state index in [-0.39, 0.29) is 6.61 Å². The Morgan fingerprint density at radius 2 is 1.77 bits per heavy atom. The first kappa shape index (κ1) is 18.0. The standard InChI is InChI=1S/C16H24N2O4/c1-11(17-15(21)22-16(2,3)4)14(20)18-13(10-19)12-8-6-5-7-9-12/h5-9,11,13,19H,10H2,1-4H3,(H,17,21)(H,18,20)/t11-,13+/m0/s1. The molecule has 1 aromatic carbocycles. The summed E-state index contributed by atoms with van der Waals surface area (Å²) in [6.45, 7) is 6.56. The summed E-state index contributed by atoms with van der Waals surface area (Å²) in [6, 6.07) is 7.84. The molecule has 0 radical (unpaired) electrons. The lowest BCUT2D eigenvalue weighted by Gasteiger charge is -2.23. The van der Waals surface area contributed by atoms with Crippen LogP contribution in [0.2, 0.25) is 0 Å². The Kier molecular flexibility index (Phi) is 6.37. The number of nitrogens with one attached hydrogen (secondary N) is 2. The number of carbonyl (C=O) groups excluding carboxylic acids is 2. The van der Waals surface area contributed by atoms with Crippen LogP contribution in [-0.4, -0.2) is 35.4 Å². The molecule has 0 aliphatic rings. The van der Waals surface area contributed by atoms with Gasteiger partial charge in [-0.25, -0.2) is 4.79 Å². The maximum absolute atomic E-state index is 12.1. The molecule has 0 aliphatic heterocycles. The van der Waals surface area contributed by atoms with Crippen LogP contribution in [0, 0.1) is 0 Å². The number of rotatable bonds is 5. The summed E-state index contributed by atoms with van der Waals surface area (Å²) in [5, 5.41) is 14.6. The second-order valence-corrected chi connectivity index (χ2v) is 6.02. The lowest BCUT2D eigenvalue weighted by atomic mass is 10.1. The minimum atomic E-state index is -0.771. The molecule has 0 heterocycles. The maximum atomic E-state index is 12.1. The first-order valence-electron chi connectivity index (χ1n) is 7.18. The van der Waals surface area contributed by atoms with E-state index in [2.05, 4.69) is 10.6 Å². The van der Waals surface area contributed by atoms with E-state index < -0.39 is 29.7 Å². The van der Waals surface area contributed by atoms with Gasteiger partial charge in [0.1, 0.15) is 11.6 Å². The number of amides is 2. The molecule has 0 unspecified atom stereocenters. The molecule has 0 saturated heterocycles. The SMILES string of the molecule is C[C@H](NC(=O)OC(C)(C)C)C(=O)N[C@H](CO)c1ccccc1. The van der Waals surface area contributed by atoms with Crippen molar-refractivity contribution in [1.82, 2.24) is 10.6 Å². The Hall–Kier alpha value is -2.08. The van der Waals surface area contributed by atoms with Crippen molar-refractivity contribution in [3.05, 3.63) is 35.9 Å². The van der Waals surface area contributed by atoms with Crippen LogP contribution >= 0.6 is 0 Å². The second kappa shape index (κ2) is 7.79. The second-order valence-electron chi connectivity index (χ2n) is 6.02. The van der Waals surface area contributed by atoms with Gasteiger partial charge in [0.2, 0.25) is 5.91 Å². The average Bonchev–Trinajstić information content (AvgIpc) is 2.43. The summed E-state index contributed by atoms with van der Waals surface area (Å²) in [4.78, 5) is 23.7. The highest BCUT2D eigenvalue weighted by molar-refractivity contribution is 5.85. The number of hydrogen-bond acceptors (Lipinski definition) is 4. The topological polar surface area (TPSA) is 87.7 Å². The number of carbonyl (C=O) groups is 2. The summed E-state index contributed by atoms with van der Waals surface area (Å²) >= 11 is 0. The van der Waals surface area contributed by atoms with Gasteiger partial charge in [-0.2, -0.15) is 0 Å². The molecule has 0 saturated carbocycles. The molecular formula is C16H24N2O4. The molecule has 0 aliphatic carbocycles. The number of ether oxygens (including phenoxy) is 1. The van der Waals surface area contributed by atoms with Crippen LogP contribution in [-0.2, 0) is 9.53 Å². The summed E-state index contributed by atoms with van der Waals surface area (Å²) < 4.78 is 5.10. The Morgan fingerprint density at radius 1 is 1.18 bits per heavy atom. The van der Waals surface area contributed by atoms with Crippen molar-refractivity contribution in [2.75, 3.05) is 6.61 Å². The molecule has 1 aromatic rings. The molecule has 3 N–H and O–H groups in total. The largest absolute Gasteiger partial charge is 0.444 e. The monoisotopic (exact) mass is 308 g/mol. The van der Waals surface area contributed by atoms with E-state index in [0.29, 0.717) is 0 Å². The van der Waals surface area contributed by atoms with Crippen molar-refractivity contribution < 1.29 is 19.4 Å². The highest BCUT2D eigenvalue weighted by atomic mass is 16.6. The van der Waals surface area contributed by atoms with E-state index in [1.165, 1.54) is 0 Å². The Labute approximate surface area is 130 Å². The molecule has 122 valence electrons. The third-order valence-corrected chi connectivity index (χ3v) is 2.83. The van der Waals surface area contributed by atoms with Crippen molar-refractivity contribution in [3.63, 3.8) is 0 Å². The van der Waals surface area contributed by atoms with Crippen LogP contribution in [0.1, 0.15) is 39.3 Å². The highest BCUT2D eigenvalue weighted by Crippen LogP contribution is 2.12. The van der Waals surface area contributed by atoms with E-state index in [1.807, 2.05) is 30.3 Å². The van der Waals surface area contributed by atoms with Crippen LogP contribution in [0.25, 0.3) is 0 Å². The fraction of sp³-hybridized carbons (Fsp3) is 0.500. The van der Waals surface area contributed by atoms with Gasteiger partial charge in [0.05, 0.1) is 12.6 Å². The van der Waals surface area contributed by atoms with Gasteiger partial charge in [0.25, 0.3) is 0 Å². The minimum Gasteiger partial charge on any atom is -0.444 e. The highest BCUT2D eigenvalue weighted by Gasteiger charge is 2.23. The van der Waals surface area contributed by atoms with E-state index in [4.69, 9.17) is 4.74 Å². The van der Waals surface area contributed by atoms with E-state index >= 15 is 0 Å². The van der Waals surface area contributed by atoms with Crippen molar-refractivity contribution in [1.29, 1.82) is 0 Å². The van der Waals surface area contributed by atoms with Crippen molar-refractivity contribution in [3.8, 4) is 0 Å². The molecule has 0 fully saturated rings. The summed E-state index contributed by atoms with van der Waals surface area (Å²) in [6.07, 6.45) is -0.657. The summed E-state index contributed by atoms with van der Waals surface area (Å²) in [5.41, 5.74) is 0.167. The van der Waals surface area contributed by atoms with Crippen molar-refractivity contribution in [2.24, 2.45) is 0 Å². The summed E-state index contributed by atoms with van der Waals surface area (Å²) in [5.74, 6) is -0.395. The number of alkyl carbamates (subject to hydrolysis) is 1. The zero-order valence-corrected chi connectivity index (χ0v) is 13.4. The number of hydrogen-bond donors (Lipinski definition) is 3. The third kappa shape index (κ3) is 6.13. The van der Waals surface area contributed by atoms with E-state index in [1.54, 1.807) is 27.7 Å². The molecule has 0 spiro atoms. The quantitative estimate of drug-likeness (QED) is 0.773. The fourth-order valence-electron chi connectivity index (χ4n) is 1.77. The fourth-order valence-corrected chi connectivity index (χ4v) is 1.77. The van der Waals surface area contributed by atoms with Gasteiger partial charge < -0.3 is 20.5 Å². The van der Waals surface area contributed by atoms with Gasteiger partial charge in [-0.15, -0.1) is 0 Å². The molecule has 0 aromatic heterocycles. The first-order valence-corrected chi connectivity index (χ1v) is 7.18. The smallest absolute Gasteiger partial charge is 0.408 e. The Balaban J connectivity index is 2.58. The van der Waals surface area contributed by atoms with Crippen molar-refractivity contribution >= 4 is 12.0 Å². The zero-order valence-electron chi connectivity index (χ0n) is 13.4. The Morgan fingerprint density at radius 3 is 2.27 bits per heavy atom. The lowest BCUT2D eigenvalue weighted by molar-refractivity contribution is -0.123. The maximum Gasteiger partial charge on any atom is 0.408 e. The van der Waals surface area contributed by atoms with Crippen LogP contribution < -0.4 is 10.6 Å². The van der Waals surface area contributed by atoms with Crippen LogP contribution in [0.5, 0.6) is 0 Å². The molecule has 0 bridgehead atoms. The van der Waals surface area contributed by atoms with E-state index in [0.717, 1.165) is 5.56 Å². The van der Waals surface area contributed by atoms with Crippen LogP contribution in [0.3, 0.4) is 0 Å². The molecule has 2 atom stereocenters. The van der Waals surface area contributed by atoms with Gasteiger partial charge >= 0.3 is 6.09 Å².